The second-order valence-electron chi connectivity index (χ2n) is 6.34. The Labute approximate surface area is 154 Å². The Bertz CT molecular complexity index is 1060. The van der Waals surface area contributed by atoms with Crippen LogP contribution in [0.2, 0.25) is 0 Å². The first kappa shape index (κ1) is 18.6. The molecule has 27 heavy (non-hydrogen) atoms. The van der Waals surface area contributed by atoms with E-state index >= 15 is 0 Å². The number of hydrogen-bond acceptors (Lipinski definition) is 5. The fourth-order valence-electron chi connectivity index (χ4n) is 3.36. The lowest BCUT2D eigenvalue weighted by Crippen LogP contribution is -2.43. The van der Waals surface area contributed by atoms with Gasteiger partial charge in [-0.1, -0.05) is 12.1 Å². The molecule has 1 aliphatic heterocycles. The normalized spacial score (nSPS) is 16.0. The van der Waals surface area contributed by atoms with Gasteiger partial charge < -0.3 is 10.1 Å². The van der Waals surface area contributed by atoms with Gasteiger partial charge in [-0.2, -0.15) is 0 Å². The second kappa shape index (κ2) is 6.86. The summed E-state index contributed by atoms with van der Waals surface area (Å²) in [6.45, 7) is 3.53. The van der Waals surface area contributed by atoms with Crippen LogP contribution >= 0.6 is 0 Å². The zero-order valence-corrected chi connectivity index (χ0v) is 15.5. The van der Waals surface area contributed by atoms with Crippen LogP contribution in [0.4, 0.5) is 10.2 Å². The zero-order valence-electron chi connectivity index (χ0n) is 15.5. The van der Waals surface area contributed by atoms with E-state index in [-0.39, 0.29) is 17.7 Å². The van der Waals surface area contributed by atoms with Gasteiger partial charge >= 0.3 is 11.7 Å². The first-order chi connectivity index (χ1) is 12.8. The number of esters is 1. The maximum absolute atomic E-state index is 13.4. The van der Waals surface area contributed by atoms with Crippen molar-refractivity contribution in [3.05, 3.63) is 73.3 Å². The smallest absolute Gasteiger partial charge is 0.336 e. The van der Waals surface area contributed by atoms with Gasteiger partial charge in [-0.25, -0.2) is 14.0 Å². The average Bonchev–Trinajstić information content (AvgIpc) is 2.64. The molecule has 0 saturated heterocycles. The average molecular weight is 373 g/mol. The van der Waals surface area contributed by atoms with Gasteiger partial charge in [-0.05, 0) is 31.5 Å². The van der Waals surface area contributed by atoms with Crippen LogP contribution in [-0.4, -0.2) is 21.7 Å². The topological polar surface area (TPSA) is 82.3 Å². The highest BCUT2D eigenvalue weighted by atomic mass is 19.1. The van der Waals surface area contributed by atoms with Crippen LogP contribution in [0.15, 0.2) is 45.1 Å². The fraction of sp³-hybridized carbons (Fsp3) is 0.316. The van der Waals surface area contributed by atoms with E-state index in [2.05, 4.69) is 5.32 Å². The quantitative estimate of drug-likeness (QED) is 0.827. The van der Waals surface area contributed by atoms with E-state index in [4.69, 9.17) is 4.74 Å². The van der Waals surface area contributed by atoms with Crippen molar-refractivity contribution in [2.45, 2.75) is 19.8 Å². The minimum Gasteiger partial charge on any atom is -0.463 e. The summed E-state index contributed by atoms with van der Waals surface area (Å²) in [7, 11) is 2.92. The van der Waals surface area contributed by atoms with Crippen LogP contribution in [0.1, 0.15) is 30.9 Å². The number of anilines is 1. The SMILES string of the molecule is CCOC(=O)C1=C(C)Nc2c(c(=O)n(C)c(=O)n2C)C1c1ccc(F)cc1. The molecule has 0 spiro atoms. The summed E-state index contributed by atoms with van der Waals surface area (Å²) in [6.07, 6.45) is 0. The fourth-order valence-corrected chi connectivity index (χ4v) is 3.36. The monoisotopic (exact) mass is 373 g/mol. The number of carbonyl (C=O) groups is 1. The second-order valence-corrected chi connectivity index (χ2v) is 6.34. The lowest BCUT2D eigenvalue weighted by molar-refractivity contribution is -0.138. The summed E-state index contributed by atoms with van der Waals surface area (Å²) in [5, 5.41) is 2.99. The van der Waals surface area contributed by atoms with Gasteiger partial charge in [0.2, 0.25) is 0 Å². The molecule has 2 heterocycles. The molecule has 1 aromatic heterocycles. The molecular weight excluding hydrogens is 353 g/mol. The Morgan fingerprint density at radius 3 is 2.41 bits per heavy atom. The largest absolute Gasteiger partial charge is 0.463 e. The molecule has 0 bridgehead atoms. The van der Waals surface area contributed by atoms with Crippen LogP contribution < -0.4 is 16.6 Å². The van der Waals surface area contributed by atoms with Gasteiger partial charge in [0.25, 0.3) is 5.56 Å². The van der Waals surface area contributed by atoms with E-state index in [1.54, 1.807) is 13.8 Å². The molecule has 2 aromatic rings. The number of benzene rings is 1. The van der Waals surface area contributed by atoms with E-state index in [0.29, 0.717) is 17.1 Å². The molecule has 1 aromatic carbocycles. The summed E-state index contributed by atoms with van der Waals surface area (Å²) in [4.78, 5) is 37.9. The van der Waals surface area contributed by atoms with Crippen molar-refractivity contribution in [3.63, 3.8) is 0 Å². The first-order valence-corrected chi connectivity index (χ1v) is 8.48. The molecule has 7 nitrogen and oxygen atoms in total. The minimum absolute atomic E-state index is 0.171. The summed E-state index contributed by atoms with van der Waals surface area (Å²) >= 11 is 0. The van der Waals surface area contributed by atoms with Gasteiger partial charge in [-0.3, -0.25) is 13.9 Å². The van der Waals surface area contributed by atoms with E-state index in [9.17, 15) is 18.8 Å². The first-order valence-electron chi connectivity index (χ1n) is 8.48. The number of allylic oxidation sites excluding steroid dienone is 1. The standard InChI is InChI=1S/C19H20FN3O4/c1-5-27-18(25)13-10(2)21-16-15(17(24)23(4)19(26)22(16)3)14(13)11-6-8-12(20)9-7-11/h6-9,14,21H,5H2,1-4H3. The van der Waals surface area contributed by atoms with Crippen LogP contribution in [-0.2, 0) is 23.6 Å². The maximum Gasteiger partial charge on any atom is 0.336 e. The molecule has 1 aliphatic rings. The molecule has 0 radical (unpaired) electrons. The maximum atomic E-state index is 13.4. The van der Waals surface area contributed by atoms with Crippen LogP contribution in [0.3, 0.4) is 0 Å². The van der Waals surface area contributed by atoms with Crippen molar-refractivity contribution in [1.29, 1.82) is 0 Å². The van der Waals surface area contributed by atoms with Gasteiger partial charge in [0, 0.05) is 19.8 Å². The van der Waals surface area contributed by atoms with E-state index < -0.39 is 29.0 Å². The molecule has 1 unspecified atom stereocenters. The van der Waals surface area contributed by atoms with E-state index in [1.807, 2.05) is 0 Å². The molecule has 142 valence electrons. The molecule has 8 heteroatoms. The molecule has 0 aliphatic carbocycles. The number of halogens is 1. The van der Waals surface area contributed by atoms with Gasteiger partial charge in [0.05, 0.1) is 23.7 Å². The number of nitrogens with one attached hydrogen (secondary N) is 1. The Morgan fingerprint density at radius 1 is 1.19 bits per heavy atom. The van der Waals surface area contributed by atoms with E-state index in [0.717, 1.165) is 4.57 Å². The van der Waals surface area contributed by atoms with E-state index in [1.165, 1.54) is 42.9 Å². The molecule has 1 atom stereocenters. The molecule has 0 fully saturated rings. The highest BCUT2D eigenvalue weighted by Crippen LogP contribution is 2.39. The molecule has 1 N–H and O–H groups in total. The number of hydrogen-bond donors (Lipinski definition) is 1. The van der Waals surface area contributed by atoms with Crippen molar-refractivity contribution >= 4 is 11.8 Å². The number of rotatable bonds is 3. The summed E-state index contributed by atoms with van der Waals surface area (Å²) in [5.41, 5.74) is 0.503. The van der Waals surface area contributed by atoms with Gasteiger partial charge in [0.15, 0.2) is 0 Å². The number of nitrogens with zero attached hydrogens (tertiary/aromatic N) is 2. The van der Waals surface area contributed by atoms with Crippen molar-refractivity contribution < 1.29 is 13.9 Å². The Kier molecular flexibility index (Phi) is 4.73. The Hall–Kier alpha value is -3.16. The van der Waals surface area contributed by atoms with Gasteiger partial charge in [0.1, 0.15) is 11.6 Å². The lowest BCUT2D eigenvalue weighted by atomic mass is 9.82. The zero-order chi connectivity index (χ0) is 19.9. The van der Waals surface area contributed by atoms with Crippen LogP contribution in [0.25, 0.3) is 0 Å². The third kappa shape index (κ3) is 2.97. The molecule has 0 amide bonds. The predicted octanol–water partition coefficient (Wildman–Crippen LogP) is 1.62. The molecule has 0 saturated carbocycles. The highest BCUT2D eigenvalue weighted by Gasteiger charge is 2.37. The summed E-state index contributed by atoms with van der Waals surface area (Å²) < 4.78 is 20.9. The number of ether oxygens (including phenoxy) is 1. The lowest BCUT2D eigenvalue weighted by Gasteiger charge is -2.30. The Morgan fingerprint density at radius 2 is 1.81 bits per heavy atom. The molecular formula is C19H20FN3O4. The summed E-state index contributed by atoms with van der Waals surface area (Å²) in [6, 6.07) is 5.57. The molecule has 3 rings (SSSR count). The van der Waals surface area contributed by atoms with Crippen LogP contribution in [0.5, 0.6) is 0 Å². The van der Waals surface area contributed by atoms with Crippen molar-refractivity contribution in [2.24, 2.45) is 14.1 Å². The third-order valence-electron chi connectivity index (χ3n) is 4.69. The number of fused-ring (bicyclic) bond motifs is 1. The van der Waals surface area contributed by atoms with Gasteiger partial charge in [-0.15, -0.1) is 0 Å². The van der Waals surface area contributed by atoms with Crippen molar-refractivity contribution in [3.8, 4) is 0 Å². The number of carbonyl (C=O) groups excluding carboxylic acids is 1. The highest BCUT2D eigenvalue weighted by molar-refractivity contribution is 5.94. The minimum atomic E-state index is -0.786. The summed E-state index contributed by atoms with van der Waals surface area (Å²) in [5.74, 6) is -1.48. The van der Waals surface area contributed by atoms with Crippen molar-refractivity contribution in [2.75, 3.05) is 11.9 Å². The van der Waals surface area contributed by atoms with Crippen molar-refractivity contribution in [1.82, 2.24) is 9.13 Å². The predicted molar refractivity (Wildman–Crippen MR) is 98.1 cm³/mol. The Balaban J connectivity index is 2.37. The number of aromatic nitrogens is 2. The van der Waals surface area contributed by atoms with Crippen LogP contribution in [0, 0.1) is 5.82 Å². The third-order valence-corrected chi connectivity index (χ3v) is 4.69.